The van der Waals surface area contributed by atoms with Crippen molar-refractivity contribution in [3.8, 4) is 22.8 Å². The number of pyridine rings is 1. The Morgan fingerprint density at radius 3 is 1.81 bits per heavy atom. The number of carbonyl (C=O) groups excluding carboxylic acids is 1. The number of H-pyrrole nitrogens is 2. The van der Waals surface area contributed by atoms with Gasteiger partial charge in [-0.05, 0) is 36.4 Å². The highest BCUT2D eigenvalue weighted by molar-refractivity contribution is 5.88. The number of nitrogens with zero attached hydrogens (tertiary/aromatic N) is 4. The van der Waals surface area contributed by atoms with Crippen LogP contribution in [0.4, 0.5) is 11.5 Å². The van der Waals surface area contributed by atoms with Crippen LogP contribution in [0.5, 0.6) is 0 Å². The maximum absolute atomic E-state index is 10.9. The van der Waals surface area contributed by atoms with Crippen LogP contribution >= 0.6 is 0 Å². The molecule has 2 aromatic carbocycles. The van der Waals surface area contributed by atoms with Gasteiger partial charge in [-0.25, -0.2) is 9.97 Å². The van der Waals surface area contributed by atoms with Crippen LogP contribution in [0.15, 0.2) is 91.4 Å². The lowest BCUT2D eigenvalue weighted by atomic mass is 10.2. The van der Waals surface area contributed by atoms with E-state index >= 15 is 0 Å². The van der Waals surface area contributed by atoms with Gasteiger partial charge < -0.3 is 20.2 Å². The Morgan fingerprint density at radius 1 is 0.730 bits per heavy atom. The summed E-state index contributed by atoms with van der Waals surface area (Å²) in [7, 11) is 4.03. The Morgan fingerprint density at radius 2 is 1.32 bits per heavy atom. The van der Waals surface area contributed by atoms with Crippen LogP contribution < -0.4 is 10.2 Å². The first-order valence-electron chi connectivity index (χ1n) is 11.9. The van der Waals surface area contributed by atoms with Gasteiger partial charge in [0.25, 0.3) is 0 Å². The van der Waals surface area contributed by atoms with Crippen molar-refractivity contribution >= 4 is 39.2 Å². The second kappa shape index (κ2) is 10.3. The minimum atomic E-state index is -0.160. The second-order valence-electron chi connectivity index (χ2n) is 8.80. The summed E-state index contributed by atoms with van der Waals surface area (Å²) in [6.07, 6.45) is 5.07. The van der Waals surface area contributed by atoms with E-state index in [0.29, 0.717) is 5.82 Å². The van der Waals surface area contributed by atoms with Gasteiger partial charge in [-0.1, -0.05) is 36.4 Å². The Kier molecular flexibility index (Phi) is 6.63. The summed E-state index contributed by atoms with van der Waals surface area (Å²) in [6.45, 7) is 1.44. The topological polar surface area (TPSA) is 103 Å². The lowest BCUT2D eigenvalue weighted by molar-refractivity contribution is -0.114. The van der Waals surface area contributed by atoms with Gasteiger partial charge in [0.15, 0.2) is 5.82 Å². The highest BCUT2D eigenvalue weighted by atomic mass is 16.1. The Labute approximate surface area is 214 Å². The van der Waals surface area contributed by atoms with Crippen molar-refractivity contribution in [2.75, 3.05) is 24.3 Å². The number of amides is 1. The fourth-order valence-electron chi connectivity index (χ4n) is 3.94. The van der Waals surface area contributed by atoms with Crippen LogP contribution in [0.3, 0.4) is 0 Å². The van der Waals surface area contributed by atoms with Gasteiger partial charge in [-0.2, -0.15) is 0 Å². The van der Waals surface area contributed by atoms with Crippen LogP contribution in [0, 0.1) is 0 Å². The van der Waals surface area contributed by atoms with Crippen LogP contribution in [0.25, 0.3) is 44.6 Å². The molecule has 0 atom stereocenters. The number of hydrogen-bond acceptors (Lipinski definition) is 5. The van der Waals surface area contributed by atoms with E-state index in [-0.39, 0.29) is 5.91 Å². The van der Waals surface area contributed by atoms with Crippen LogP contribution in [0.2, 0.25) is 0 Å². The summed E-state index contributed by atoms with van der Waals surface area (Å²) in [5, 5.41) is 4.93. The second-order valence-corrected chi connectivity index (χ2v) is 8.80. The van der Waals surface area contributed by atoms with Crippen LogP contribution in [-0.2, 0) is 4.79 Å². The number of carbonyl (C=O) groups is 1. The summed E-state index contributed by atoms with van der Waals surface area (Å²) in [6, 6.07) is 24.6. The third-order valence-corrected chi connectivity index (χ3v) is 5.83. The molecule has 0 unspecified atom stereocenters. The minimum absolute atomic E-state index is 0.160. The third kappa shape index (κ3) is 5.48. The molecule has 0 spiro atoms. The molecule has 8 nitrogen and oxygen atoms in total. The zero-order valence-electron chi connectivity index (χ0n) is 20.9. The summed E-state index contributed by atoms with van der Waals surface area (Å²) in [5.74, 6) is 0.292. The average Bonchev–Trinajstić information content (AvgIpc) is 3.54. The smallest absolute Gasteiger partial charge is 0.222 e. The molecule has 37 heavy (non-hydrogen) atoms. The fourth-order valence-corrected chi connectivity index (χ4v) is 3.94. The molecular weight excluding hydrogens is 462 g/mol. The van der Waals surface area contributed by atoms with Gasteiger partial charge in [0.1, 0.15) is 5.69 Å². The number of rotatable bonds is 4. The van der Waals surface area contributed by atoms with Crippen molar-refractivity contribution in [2.24, 2.45) is 0 Å². The van der Waals surface area contributed by atoms with Gasteiger partial charge in [0.2, 0.25) is 5.91 Å². The molecule has 0 bridgehead atoms. The van der Waals surface area contributed by atoms with Crippen molar-refractivity contribution in [2.45, 2.75) is 6.92 Å². The van der Waals surface area contributed by atoms with Gasteiger partial charge in [-0.3, -0.25) is 9.78 Å². The number of aromatic nitrogens is 5. The van der Waals surface area contributed by atoms with E-state index in [9.17, 15) is 4.79 Å². The number of para-hydroxylation sites is 2. The van der Waals surface area contributed by atoms with E-state index in [1.165, 1.54) is 12.3 Å². The van der Waals surface area contributed by atoms with Crippen molar-refractivity contribution in [1.82, 2.24) is 24.9 Å². The summed E-state index contributed by atoms with van der Waals surface area (Å²) in [5.41, 5.74) is 6.98. The number of nitrogens with one attached hydrogen (secondary N) is 3. The minimum Gasteiger partial charge on any atom is -0.376 e. The SMILES string of the molecule is CC(=O)Nc1cnc(-c2cc3ccccc3[nH]2)cn1.CN(C)c1ccc(-c2cc3ccccc3[nH]2)nc1. The molecule has 0 fully saturated rings. The summed E-state index contributed by atoms with van der Waals surface area (Å²) in [4.78, 5) is 32.5. The molecule has 0 saturated heterocycles. The van der Waals surface area contributed by atoms with E-state index in [4.69, 9.17) is 0 Å². The molecule has 1 amide bonds. The van der Waals surface area contributed by atoms with Gasteiger partial charge in [-0.15, -0.1) is 0 Å². The number of aromatic amines is 2. The van der Waals surface area contributed by atoms with E-state index in [1.807, 2.05) is 73.7 Å². The maximum atomic E-state index is 10.9. The molecule has 0 aliphatic heterocycles. The van der Waals surface area contributed by atoms with Crippen molar-refractivity contribution in [3.05, 3.63) is 91.4 Å². The van der Waals surface area contributed by atoms with Crippen LogP contribution in [-0.4, -0.2) is 44.9 Å². The molecule has 6 rings (SSSR count). The quantitative estimate of drug-likeness (QED) is 0.287. The normalized spacial score (nSPS) is 10.7. The predicted molar refractivity (Wildman–Crippen MR) is 149 cm³/mol. The Balaban J connectivity index is 0.000000152. The Hall–Kier alpha value is -4.98. The third-order valence-electron chi connectivity index (χ3n) is 5.83. The summed E-state index contributed by atoms with van der Waals surface area (Å²) >= 11 is 0. The van der Waals surface area contributed by atoms with E-state index in [2.05, 4.69) is 54.5 Å². The molecule has 4 aromatic heterocycles. The molecular formula is C29H27N7O. The largest absolute Gasteiger partial charge is 0.376 e. The molecule has 8 heteroatoms. The van der Waals surface area contributed by atoms with Crippen molar-refractivity contribution in [3.63, 3.8) is 0 Å². The Bertz CT molecular complexity index is 1580. The first kappa shape index (κ1) is 23.7. The number of hydrogen-bond donors (Lipinski definition) is 3. The lowest BCUT2D eigenvalue weighted by Crippen LogP contribution is -2.08. The average molecular weight is 490 g/mol. The van der Waals surface area contributed by atoms with Gasteiger partial charge in [0, 0.05) is 42.8 Å². The molecule has 0 aliphatic rings. The first-order valence-corrected chi connectivity index (χ1v) is 11.9. The number of benzene rings is 2. The number of fused-ring (bicyclic) bond motifs is 2. The van der Waals surface area contributed by atoms with Crippen LogP contribution in [0.1, 0.15) is 6.92 Å². The summed E-state index contributed by atoms with van der Waals surface area (Å²) < 4.78 is 0. The molecule has 3 N–H and O–H groups in total. The van der Waals surface area contributed by atoms with E-state index in [0.717, 1.165) is 44.9 Å². The van der Waals surface area contributed by atoms with Gasteiger partial charge in [0.05, 0.1) is 41.4 Å². The molecule has 0 saturated carbocycles. The predicted octanol–water partition coefficient (Wildman–Crippen LogP) is 5.88. The molecule has 0 radical (unpaired) electrons. The van der Waals surface area contributed by atoms with Gasteiger partial charge >= 0.3 is 0 Å². The van der Waals surface area contributed by atoms with E-state index < -0.39 is 0 Å². The standard InChI is InChI=1S/C15H15N3.C14H12N4O/c1-18(2)12-7-8-14(16-10-12)15-9-11-5-3-4-6-13(11)17-15;1-9(19)17-14-8-15-13(7-16-14)12-6-10-4-2-3-5-11(10)18-12/h3-10,17H,1-2H3;2-8,18H,1H3,(H,16,17,19). The molecule has 4 heterocycles. The van der Waals surface area contributed by atoms with Crippen molar-refractivity contribution in [1.29, 1.82) is 0 Å². The zero-order chi connectivity index (χ0) is 25.8. The maximum Gasteiger partial charge on any atom is 0.222 e. The zero-order valence-corrected chi connectivity index (χ0v) is 20.9. The molecule has 0 aliphatic carbocycles. The highest BCUT2D eigenvalue weighted by Crippen LogP contribution is 2.24. The van der Waals surface area contributed by atoms with E-state index in [1.54, 1.807) is 12.4 Å². The monoisotopic (exact) mass is 489 g/mol. The van der Waals surface area contributed by atoms with Crippen molar-refractivity contribution < 1.29 is 4.79 Å². The highest BCUT2D eigenvalue weighted by Gasteiger charge is 2.06. The molecule has 184 valence electrons. The fraction of sp³-hybridized carbons (Fsp3) is 0.103. The molecule has 6 aromatic rings. The lowest BCUT2D eigenvalue weighted by Gasteiger charge is -2.11. The number of anilines is 2. The first-order chi connectivity index (χ1) is 18.0.